The lowest BCUT2D eigenvalue weighted by molar-refractivity contribution is -0.131. The normalized spacial score (nSPS) is 23.6. The van der Waals surface area contributed by atoms with Crippen molar-refractivity contribution in [2.45, 2.75) is 55.5 Å². The number of halogens is 1. The van der Waals surface area contributed by atoms with Gasteiger partial charge in [0, 0.05) is 29.4 Å². The molecule has 14 heteroatoms. The summed E-state index contributed by atoms with van der Waals surface area (Å²) in [5.74, 6) is -0.912. The minimum atomic E-state index is -3.85. The Hall–Kier alpha value is -4.17. The molecule has 3 fully saturated rings. The van der Waals surface area contributed by atoms with Gasteiger partial charge in [-0.1, -0.05) is 24.3 Å². The molecule has 0 radical (unpaired) electrons. The molecule has 47 heavy (non-hydrogen) atoms. The van der Waals surface area contributed by atoms with E-state index in [1.165, 1.54) is 11.0 Å². The highest BCUT2D eigenvalue weighted by Crippen LogP contribution is 2.46. The molecule has 1 aromatic heterocycles. The number of methoxy groups -OCH3 is 1. The van der Waals surface area contributed by atoms with Crippen LogP contribution in [-0.2, 0) is 19.6 Å². The average Bonchev–Trinajstić information content (AvgIpc) is 3.99. The fourth-order valence-corrected chi connectivity index (χ4v) is 7.92. The second kappa shape index (κ2) is 12.8. The SMILES string of the molecule is C=C[C@@H]1C[C@]1(NC(=O)[C@H]1C[C@@H](Oc2cc(OCC)nc3c(Br)c(OC)ccc23)CN1C(=O)c1ccccc1)C(=O)NS(=O)(=O)C1CC1. The molecule has 3 aliphatic rings. The molecule has 4 atom stereocenters. The Morgan fingerprint density at radius 3 is 2.53 bits per heavy atom. The van der Waals surface area contributed by atoms with Crippen LogP contribution < -0.4 is 24.2 Å². The van der Waals surface area contributed by atoms with Crippen LogP contribution in [0.2, 0.25) is 0 Å². The van der Waals surface area contributed by atoms with Gasteiger partial charge in [-0.15, -0.1) is 6.58 Å². The van der Waals surface area contributed by atoms with Crippen LogP contribution in [0.15, 0.2) is 65.7 Å². The van der Waals surface area contributed by atoms with Crippen molar-refractivity contribution in [3.8, 4) is 17.4 Å². The molecule has 0 unspecified atom stereocenters. The molecule has 6 rings (SSSR count). The highest BCUT2D eigenvalue weighted by Gasteiger charge is 2.62. The van der Waals surface area contributed by atoms with Crippen molar-refractivity contribution >= 4 is 54.6 Å². The third-order valence-corrected chi connectivity index (χ3v) is 11.3. The lowest BCUT2D eigenvalue weighted by atomic mass is 10.1. The molecule has 2 aromatic carbocycles. The van der Waals surface area contributed by atoms with Gasteiger partial charge in [-0.25, -0.2) is 13.4 Å². The Balaban J connectivity index is 1.30. The van der Waals surface area contributed by atoms with E-state index in [0.717, 1.165) is 0 Å². The van der Waals surface area contributed by atoms with E-state index >= 15 is 0 Å². The molecule has 0 spiro atoms. The maximum Gasteiger partial charge on any atom is 0.259 e. The summed E-state index contributed by atoms with van der Waals surface area (Å²) in [4.78, 5) is 47.2. The van der Waals surface area contributed by atoms with E-state index in [-0.39, 0.29) is 25.3 Å². The van der Waals surface area contributed by atoms with E-state index in [4.69, 9.17) is 14.2 Å². The summed E-state index contributed by atoms with van der Waals surface area (Å²) >= 11 is 3.56. The summed E-state index contributed by atoms with van der Waals surface area (Å²) < 4.78 is 45.6. The number of fused-ring (bicyclic) bond motifs is 1. The minimum Gasteiger partial charge on any atom is -0.495 e. The van der Waals surface area contributed by atoms with Gasteiger partial charge in [-0.2, -0.15) is 0 Å². The van der Waals surface area contributed by atoms with E-state index in [0.29, 0.717) is 57.8 Å². The van der Waals surface area contributed by atoms with E-state index in [2.05, 4.69) is 37.5 Å². The number of carbonyl (C=O) groups excluding carboxylic acids is 3. The summed E-state index contributed by atoms with van der Waals surface area (Å²) in [6.07, 6.45) is 2.15. The van der Waals surface area contributed by atoms with Gasteiger partial charge in [0.2, 0.25) is 21.8 Å². The molecular weight excluding hydrogens is 692 g/mol. The number of pyridine rings is 1. The molecule has 2 aliphatic carbocycles. The standard InChI is InChI=1S/C33H35BrN4O8S/c1-4-20-17-33(20,32(41)37-47(42,43)22-11-12-22)36-30(39)24-15-21(18-38(24)31(40)19-9-7-6-8-10-19)46-26-16-27(45-5-2)35-29-23(26)13-14-25(44-3)28(29)34/h4,6-10,13-14,16,20-22,24H,1,5,11-12,15,17-18H2,2-3H3,(H,36,39)(H,37,41)/t20-,21-,24-,33-/m1/s1. The molecule has 1 saturated heterocycles. The molecule has 2 N–H and O–H groups in total. The lowest BCUT2D eigenvalue weighted by Crippen LogP contribution is -2.56. The monoisotopic (exact) mass is 726 g/mol. The Morgan fingerprint density at radius 1 is 1.15 bits per heavy atom. The first-order valence-corrected chi connectivity index (χ1v) is 17.7. The van der Waals surface area contributed by atoms with E-state index in [1.54, 1.807) is 49.6 Å². The molecule has 3 aromatic rings. The van der Waals surface area contributed by atoms with Crippen LogP contribution in [0.5, 0.6) is 17.4 Å². The van der Waals surface area contributed by atoms with E-state index < -0.39 is 50.7 Å². The number of ether oxygens (including phenoxy) is 3. The van der Waals surface area contributed by atoms with Gasteiger partial charge >= 0.3 is 0 Å². The number of carbonyl (C=O) groups is 3. The molecule has 248 valence electrons. The smallest absolute Gasteiger partial charge is 0.259 e. The zero-order chi connectivity index (χ0) is 33.5. The van der Waals surface area contributed by atoms with Crippen molar-refractivity contribution in [2.75, 3.05) is 20.3 Å². The number of hydrogen-bond donors (Lipinski definition) is 2. The number of rotatable bonds is 12. The number of likely N-dealkylation sites (tertiary alicyclic amines) is 1. The van der Waals surface area contributed by atoms with Crippen LogP contribution in [-0.4, -0.2) is 79.2 Å². The molecule has 1 aliphatic heterocycles. The zero-order valence-corrected chi connectivity index (χ0v) is 28.3. The number of amides is 3. The first kappa shape index (κ1) is 32.8. The number of nitrogens with one attached hydrogen (secondary N) is 2. The molecule has 3 amide bonds. The second-order valence-corrected chi connectivity index (χ2v) is 14.6. The third-order valence-electron chi connectivity index (χ3n) is 8.72. The summed E-state index contributed by atoms with van der Waals surface area (Å²) in [6, 6.07) is 12.8. The summed E-state index contributed by atoms with van der Waals surface area (Å²) in [7, 11) is -2.30. The van der Waals surface area contributed by atoms with Gasteiger partial charge in [0.05, 0.1) is 35.5 Å². The Kier molecular flexibility index (Phi) is 8.92. The largest absolute Gasteiger partial charge is 0.495 e. The van der Waals surface area contributed by atoms with E-state index in [1.807, 2.05) is 13.0 Å². The fraction of sp³-hybridized carbons (Fsp3) is 0.394. The van der Waals surface area contributed by atoms with Crippen molar-refractivity contribution < 1.29 is 37.0 Å². The molecule has 2 heterocycles. The van der Waals surface area contributed by atoms with Crippen LogP contribution in [0.4, 0.5) is 0 Å². The van der Waals surface area contributed by atoms with Crippen molar-refractivity contribution in [2.24, 2.45) is 5.92 Å². The van der Waals surface area contributed by atoms with Gasteiger partial charge in [0.1, 0.15) is 29.2 Å². The number of benzene rings is 2. The molecule has 0 bridgehead atoms. The second-order valence-electron chi connectivity index (χ2n) is 11.9. The van der Waals surface area contributed by atoms with Gasteiger partial charge < -0.3 is 24.4 Å². The van der Waals surface area contributed by atoms with Gasteiger partial charge in [-0.05, 0) is 66.4 Å². The van der Waals surface area contributed by atoms with Crippen LogP contribution in [0.3, 0.4) is 0 Å². The Labute approximate surface area is 281 Å². The van der Waals surface area contributed by atoms with Crippen molar-refractivity contribution in [3.63, 3.8) is 0 Å². The third kappa shape index (κ3) is 6.40. The number of aromatic nitrogens is 1. The van der Waals surface area contributed by atoms with Crippen LogP contribution >= 0.6 is 15.9 Å². The van der Waals surface area contributed by atoms with Gasteiger partial charge in [0.25, 0.3) is 11.8 Å². The van der Waals surface area contributed by atoms with Gasteiger partial charge in [-0.3, -0.25) is 19.1 Å². The summed E-state index contributed by atoms with van der Waals surface area (Å²) in [5.41, 5.74) is -0.554. The summed E-state index contributed by atoms with van der Waals surface area (Å²) in [6.45, 7) is 6.03. The highest BCUT2D eigenvalue weighted by atomic mass is 79.9. The molecule has 12 nitrogen and oxygen atoms in total. The number of sulfonamides is 1. The topological polar surface area (TPSA) is 153 Å². The van der Waals surface area contributed by atoms with Crippen LogP contribution in [0, 0.1) is 5.92 Å². The predicted octanol–water partition coefficient (Wildman–Crippen LogP) is 3.74. The van der Waals surface area contributed by atoms with Crippen LogP contribution in [0.1, 0.15) is 43.0 Å². The highest BCUT2D eigenvalue weighted by molar-refractivity contribution is 9.10. The van der Waals surface area contributed by atoms with Crippen molar-refractivity contribution in [3.05, 3.63) is 71.2 Å². The first-order chi connectivity index (χ1) is 22.5. The zero-order valence-electron chi connectivity index (χ0n) is 25.9. The maximum atomic E-state index is 14.0. The minimum absolute atomic E-state index is 0.0665. The van der Waals surface area contributed by atoms with Crippen LogP contribution in [0.25, 0.3) is 10.9 Å². The Morgan fingerprint density at radius 2 is 1.89 bits per heavy atom. The number of hydrogen-bond acceptors (Lipinski definition) is 9. The Bertz CT molecular complexity index is 1850. The average molecular weight is 728 g/mol. The quantitative estimate of drug-likeness (QED) is 0.266. The lowest BCUT2D eigenvalue weighted by Gasteiger charge is -2.26. The maximum absolute atomic E-state index is 14.0. The van der Waals surface area contributed by atoms with Crippen molar-refractivity contribution in [1.82, 2.24) is 19.9 Å². The molecule has 2 saturated carbocycles. The van der Waals surface area contributed by atoms with E-state index in [9.17, 15) is 22.8 Å². The summed E-state index contributed by atoms with van der Waals surface area (Å²) in [5, 5.41) is 2.85. The number of nitrogens with zero attached hydrogens (tertiary/aromatic N) is 2. The molecular formula is C33H35BrN4O8S. The first-order valence-electron chi connectivity index (χ1n) is 15.3. The van der Waals surface area contributed by atoms with Crippen molar-refractivity contribution in [1.29, 1.82) is 0 Å². The predicted molar refractivity (Wildman–Crippen MR) is 177 cm³/mol. The fourth-order valence-electron chi connectivity index (χ4n) is 5.96. The van der Waals surface area contributed by atoms with Gasteiger partial charge in [0.15, 0.2) is 0 Å².